The SMILES string of the molecule is O=C(CCNC(=O)c1ccc(Br)cc1)NCc1cccc(OCc2ccccc2)c1. The van der Waals surface area contributed by atoms with Crippen molar-refractivity contribution in [2.24, 2.45) is 0 Å². The van der Waals surface area contributed by atoms with Crippen LogP contribution in [0, 0.1) is 0 Å². The van der Waals surface area contributed by atoms with Crippen molar-refractivity contribution in [1.82, 2.24) is 10.6 Å². The molecule has 154 valence electrons. The second-order valence-corrected chi connectivity index (χ2v) is 7.63. The molecule has 0 saturated heterocycles. The van der Waals surface area contributed by atoms with Crippen LogP contribution in [0.5, 0.6) is 5.75 Å². The first kappa shape index (κ1) is 21.6. The molecule has 3 rings (SSSR count). The third-order valence-corrected chi connectivity index (χ3v) is 4.91. The van der Waals surface area contributed by atoms with Gasteiger partial charge in [0.2, 0.25) is 5.91 Å². The molecule has 3 aromatic carbocycles. The van der Waals surface area contributed by atoms with Crippen molar-refractivity contribution in [2.75, 3.05) is 6.54 Å². The van der Waals surface area contributed by atoms with Crippen LogP contribution in [0.3, 0.4) is 0 Å². The first-order valence-electron chi connectivity index (χ1n) is 9.66. The molecule has 0 spiro atoms. The van der Waals surface area contributed by atoms with Crippen LogP contribution in [0.4, 0.5) is 0 Å². The molecule has 30 heavy (non-hydrogen) atoms. The van der Waals surface area contributed by atoms with Crippen molar-refractivity contribution >= 4 is 27.7 Å². The van der Waals surface area contributed by atoms with E-state index in [1.807, 2.05) is 54.6 Å². The minimum absolute atomic E-state index is 0.123. The molecule has 0 radical (unpaired) electrons. The Labute approximate surface area is 184 Å². The normalized spacial score (nSPS) is 10.3. The van der Waals surface area contributed by atoms with Crippen molar-refractivity contribution in [3.63, 3.8) is 0 Å². The number of halogens is 1. The molecule has 0 aliphatic rings. The first-order chi connectivity index (χ1) is 14.6. The van der Waals surface area contributed by atoms with Gasteiger partial charge in [-0.05, 0) is 47.5 Å². The number of carbonyl (C=O) groups excluding carboxylic acids is 2. The lowest BCUT2D eigenvalue weighted by molar-refractivity contribution is -0.121. The summed E-state index contributed by atoms with van der Waals surface area (Å²) < 4.78 is 6.73. The summed E-state index contributed by atoms with van der Waals surface area (Å²) in [5, 5.41) is 5.62. The van der Waals surface area contributed by atoms with E-state index >= 15 is 0 Å². The van der Waals surface area contributed by atoms with Gasteiger partial charge < -0.3 is 15.4 Å². The molecule has 2 N–H and O–H groups in total. The fraction of sp³-hybridized carbons (Fsp3) is 0.167. The minimum Gasteiger partial charge on any atom is -0.489 e. The highest BCUT2D eigenvalue weighted by atomic mass is 79.9. The second kappa shape index (κ2) is 11.2. The average Bonchev–Trinajstić information content (AvgIpc) is 2.78. The Morgan fingerprint density at radius 2 is 1.57 bits per heavy atom. The fourth-order valence-corrected chi connectivity index (χ4v) is 3.03. The van der Waals surface area contributed by atoms with Gasteiger partial charge in [0.05, 0.1) is 0 Å². The van der Waals surface area contributed by atoms with Gasteiger partial charge in [0.1, 0.15) is 12.4 Å². The minimum atomic E-state index is -0.196. The number of carbonyl (C=O) groups is 2. The standard InChI is InChI=1S/C24H23BrN2O3/c25-21-11-9-20(10-12-21)24(29)26-14-13-23(28)27-16-19-7-4-8-22(15-19)30-17-18-5-2-1-3-6-18/h1-12,15H,13-14,16-17H2,(H,26,29)(H,27,28). The van der Waals surface area contributed by atoms with Crippen LogP contribution in [0.15, 0.2) is 83.3 Å². The summed E-state index contributed by atoms with van der Waals surface area (Å²) in [6.07, 6.45) is 0.215. The third kappa shape index (κ3) is 7.04. The Bertz CT molecular complexity index is 975. The number of benzene rings is 3. The molecular weight excluding hydrogens is 444 g/mol. The van der Waals surface area contributed by atoms with Crippen molar-refractivity contribution < 1.29 is 14.3 Å². The van der Waals surface area contributed by atoms with E-state index in [-0.39, 0.29) is 24.8 Å². The van der Waals surface area contributed by atoms with Gasteiger partial charge in [-0.1, -0.05) is 58.4 Å². The number of hydrogen-bond donors (Lipinski definition) is 2. The third-order valence-electron chi connectivity index (χ3n) is 4.38. The molecule has 0 saturated carbocycles. The van der Waals surface area contributed by atoms with Crippen LogP contribution in [0.2, 0.25) is 0 Å². The number of nitrogens with one attached hydrogen (secondary N) is 2. The molecule has 0 aliphatic heterocycles. The zero-order valence-electron chi connectivity index (χ0n) is 16.4. The monoisotopic (exact) mass is 466 g/mol. The number of hydrogen-bond acceptors (Lipinski definition) is 3. The van der Waals surface area contributed by atoms with E-state index in [0.29, 0.717) is 18.7 Å². The zero-order valence-corrected chi connectivity index (χ0v) is 18.0. The lowest BCUT2D eigenvalue weighted by Crippen LogP contribution is -2.30. The smallest absolute Gasteiger partial charge is 0.251 e. The molecule has 0 heterocycles. The molecule has 0 unspecified atom stereocenters. The molecule has 5 nitrogen and oxygen atoms in total. The predicted octanol–water partition coefficient (Wildman–Crippen LogP) is 4.46. The summed E-state index contributed by atoms with van der Waals surface area (Å²) in [7, 11) is 0. The van der Waals surface area contributed by atoms with Gasteiger partial charge >= 0.3 is 0 Å². The maximum absolute atomic E-state index is 12.1. The summed E-state index contributed by atoms with van der Waals surface area (Å²) in [4.78, 5) is 24.1. The van der Waals surface area contributed by atoms with Crippen LogP contribution in [-0.4, -0.2) is 18.4 Å². The van der Waals surface area contributed by atoms with Gasteiger partial charge in [0, 0.05) is 29.5 Å². The van der Waals surface area contributed by atoms with E-state index in [1.54, 1.807) is 24.3 Å². The Morgan fingerprint density at radius 3 is 2.33 bits per heavy atom. The first-order valence-corrected chi connectivity index (χ1v) is 10.5. The van der Waals surface area contributed by atoms with Crippen LogP contribution in [0.25, 0.3) is 0 Å². The Kier molecular flexibility index (Phi) is 8.03. The molecule has 6 heteroatoms. The summed E-state index contributed by atoms with van der Waals surface area (Å²) in [5.41, 5.74) is 2.61. The van der Waals surface area contributed by atoms with E-state index in [9.17, 15) is 9.59 Å². The van der Waals surface area contributed by atoms with E-state index in [2.05, 4.69) is 26.6 Å². The van der Waals surface area contributed by atoms with Gasteiger partial charge in [-0.15, -0.1) is 0 Å². The van der Waals surface area contributed by atoms with Crippen LogP contribution < -0.4 is 15.4 Å². The van der Waals surface area contributed by atoms with Crippen LogP contribution in [0.1, 0.15) is 27.9 Å². The Hall–Kier alpha value is -3.12. The number of ether oxygens (including phenoxy) is 1. The van der Waals surface area contributed by atoms with Gasteiger partial charge in [0.15, 0.2) is 0 Å². The lowest BCUT2D eigenvalue weighted by atomic mass is 10.2. The number of rotatable bonds is 9. The topological polar surface area (TPSA) is 67.4 Å². The summed E-state index contributed by atoms with van der Waals surface area (Å²) in [6.45, 7) is 1.18. The molecule has 3 aromatic rings. The van der Waals surface area contributed by atoms with E-state index in [4.69, 9.17) is 4.74 Å². The fourth-order valence-electron chi connectivity index (χ4n) is 2.77. The molecule has 0 atom stereocenters. The maximum atomic E-state index is 12.1. The highest BCUT2D eigenvalue weighted by Crippen LogP contribution is 2.15. The van der Waals surface area contributed by atoms with Gasteiger partial charge in [-0.25, -0.2) is 0 Å². The quantitative estimate of drug-likeness (QED) is 0.488. The van der Waals surface area contributed by atoms with E-state index < -0.39 is 0 Å². The number of amides is 2. The summed E-state index contributed by atoms with van der Waals surface area (Å²) >= 11 is 3.33. The van der Waals surface area contributed by atoms with Crippen molar-refractivity contribution in [1.29, 1.82) is 0 Å². The molecule has 0 bridgehead atoms. The zero-order chi connectivity index (χ0) is 21.2. The second-order valence-electron chi connectivity index (χ2n) is 6.71. The maximum Gasteiger partial charge on any atom is 0.251 e. The molecule has 2 amide bonds. The van der Waals surface area contributed by atoms with Crippen molar-refractivity contribution in [2.45, 2.75) is 19.6 Å². The van der Waals surface area contributed by atoms with Gasteiger partial charge in [-0.2, -0.15) is 0 Å². The van der Waals surface area contributed by atoms with E-state index in [0.717, 1.165) is 21.3 Å². The average molecular weight is 467 g/mol. The molecule has 0 aliphatic carbocycles. The molecular formula is C24H23BrN2O3. The largest absolute Gasteiger partial charge is 0.489 e. The Balaban J connectivity index is 1.39. The summed E-state index contributed by atoms with van der Waals surface area (Å²) in [5.74, 6) is 0.438. The summed E-state index contributed by atoms with van der Waals surface area (Å²) in [6, 6.07) is 24.7. The lowest BCUT2D eigenvalue weighted by Gasteiger charge is -2.10. The highest BCUT2D eigenvalue weighted by molar-refractivity contribution is 9.10. The van der Waals surface area contributed by atoms with Crippen LogP contribution in [-0.2, 0) is 17.9 Å². The molecule has 0 aromatic heterocycles. The van der Waals surface area contributed by atoms with Gasteiger partial charge in [0.25, 0.3) is 5.91 Å². The Morgan fingerprint density at radius 1 is 0.833 bits per heavy atom. The van der Waals surface area contributed by atoms with Crippen molar-refractivity contribution in [3.8, 4) is 5.75 Å². The van der Waals surface area contributed by atoms with E-state index in [1.165, 1.54) is 0 Å². The van der Waals surface area contributed by atoms with Gasteiger partial charge in [-0.3, -0.25) is 9.59 Å². The molecule has 0 fully saturated rings. The van der Waals surface area contributed by atoms with Crippen molar-refractivity contribution in [3.05, 3.63) is 100 Å². The highest BCUT2D eigenvalue weighted by Gasteiger charge is 2.07. The van der Waals surface area contributed by atoms with Crippen LogP contribution >= 0.6 is 15.9 Å². The predicted molar refractivity (Wildman–Crippen MR) is 120 cm³/mol.